The average molecular weight is 427 g/mol. The zero-order valence-corrected chi connectivity index (χ0v) is 17.5. The van der Waals surface area contributed by atoms with Crippen LogP contribution in [-0.2, 0) is 17.6 Å². The third kappa shape index (κ3) is 3.97. The van der Waals surface area contributed by atoms with Crippen LogP contribution in [0.15, 0.2) is 52.8 Å². The third-order valence-electron chi connectivity index (χ3n) is 4.65. The molecular formula is C21H18N2O2S3. The number of aryl methyl sites for hydroxylation is 1. The highest BCUT2D eigenvalue weighted by molar-refractivity contribution is 8.26. The normalized spacial score (nSPS) is 18.1. The number of carbonyl (C=O) groups excluding carboxylic acids is 2. The Bertz CT molecular complexity index is 992. The second-order valence-corrected chi connectivity index (χ2v) is 9.15. The second kappa shape index (κ2) is 8.43. The molecule has 1 aliphatic carbocycles. The first-order valence-corrected chi connectivity index (χ1v) is 11.1. The molecule has 7 heteroatoms. The summed E-state index contributed by atoms with van der Waals surface area (Å²) >= 11 is 8.12. The van der Waals surface area contributed by atoms with Crippen LogP contribution >= 0.6 is 35.3 Å². The molecule has 1 N–H and O–H groups in total. The van der Waals surface area contributed by atoms with Gasteiger partial charge in [-0.3, -0.25) is 15.0 Å². The van der Waals surface area contributed by atoms with E-state index in [-0.39, 0.29) is 11.8 Å². The molecule has 2 heterocycles. The Morgan fingerprint density at radius 1 is 1.18 bits per heavy atom. The molecule has 28 heavy (non-hydrogen) atoms. The summed E-state index contributed by atoms with van der Waals surface area (Å²) in [4.78, 5) is 27.2. The Hall–Kier alpha value is -2.22. The van der Waals surface area contributed by atoms with Gasteiger partial charge < -0.3 is 0 Å². The predicted octanol–water partition coefficient (Wildman–Crippen LogP) is 4.73. The summed E-state index contributed by atoms with van der Waals surface area (Å²) in [5.41, 5.74) is 5.53. The molecule has 0 spiro atoms. The van der Waals surface area contributed by atoms with Crippen LogP contribution < -0.4 is 5.43 Å². The fourth-order valence-electron chi connectivity index (χ4n) is 3.24. The van der Waals surface area contributed by atoms with Crippen molar-refractivity contribution in [2.75, 3.05) is 0 Å². The number of rotatable bonds is 4. The van der Waals surface area contributed by atoms with Gasteiger partial charge >= 0.3 is 0 Å². The molecular weight excluding hydrogens is 408 g/mol. The molecule has 1 aromatic carbocycles. The van der Waals surface area contributed by atoms with Crippen molar-refractivity contribution >= 4 is 57.5 Å². The van der Waals surface area contributed by atoms with E-state index < -0.39 is 0 Å². The Morgan fingerprint density at radius 2 is 1.96 bits per heavy atom. The van der Waals surface area contributed by atoms with Crippen LogP contribution in [0.2, 0.25) is 0 Å². The second-order valence-electron chi connectivity index (χ2n) is 6.51. The highest BCUT2D eigenvalue weighted by Gasteiger charge is 2.34. The molecule has 1 aromatic heterocycles. The summed E-state index contributed by atoms with van der Waals surface area (Å²) in [6, 6.07) is 9.83. The maximum atomic E-state index is 12.7. The van der Waals surface area contributed by atoms with E-state index in [0.29, 0.717) is 14.8 Å². The number of hydrogen-bond donors (Lipinski definition) is 1. The molecule has 0 unspecified atom stereocenters. The van der Waals surface area contributed by atoms with E-state index in [9.17, 15) is 9.59 Å². The first kappa shape index (κ1) is 19.1. The number of hydrazine groups is 1. The molecule has 1 fully saturated rings. The van der Waals surface area contributed by atoms with Crippen molar-refractivity contribution in [3.05, 3.63) is 74.3 Å². The molecule has 2 aromatic rings. The molecule has 0 saturated carbocycles. The smallest absolute Gasteiger partial charge is 0.267 e. The van der Waals surface area contributed by atoms with E-state index in [1.165, 1.54) is 28.1 Å². The summed E-state index contributed by atoms with van der Waals surface area (Å²) < 4.78 is 0.335. The lowest BCUT2D eigenvalue weighted by atomic mass is 9.96. The molecule has 4 rings (SSSR count). The lowest BCUT2D eigenvalue weighted by Crippen LogP contribution is -2.45. The number of allylic oxidation sites excluding steroid dienone is 2. The first-order valence-electron chi connectivity index (χ1n) is 9.03. The number of benzene rings is 1. The number of carbonyl (C=O) groups is 2. The lowest BCUT2D eigenvalue weighted by molar-refractivity contribution is -0.123. The fraction of sp³-hybridized carbons (Fsp3) is 0.190. The number of fused-ring (bicyclic) bond motifs is 1. The van der Waals surface area contributed by atoms with Gasteiger partial charge in [0.05, 0.1) is 10.5 Å². The van der Waals surface area contributed by atoms with Gasteiger partial charge in [-0.25, -0.2) is 0 Å². The minimum atomic E-state index is -0.301. The summed E-state index contributed by atoms with van der Waals surface area (Å²) in [6.45, 7) is 0. The predicted molar refractivity (Wildman–Crippen MR) is 119 cm³/mol. The zero-order valence-electron chi connectivity index (χ0n) is 15.0. The summed E-state index contributed by atoms with van der Waals surface area (Å²) in [6.07, 6.45) is 9.69. The molecule has 4 nitrogen and oxygen atoms in total. The van der Waals surface area contributed by atoms with E-state index in [1.54, 1.807) is 17.4 Å². The van der Waals surface area contributed by atoms with Gasteiger partial charge in [0.25, 0.3) is 11.8 Å². The maximum Gasteiger partial charge on any atom is 0.285 e. The van der Waals surface area contributed by atoms with Crippen molar-refractivity contribution in [2.45, 2.75) is 25.7 Å². The molecule has 0 bridgehead atoms. The first-order chi connectivity index (χ1) is 13.6. The highest BCUT2D eigenvalue weighted by atomic mass is 32.2. The number of amides is 2. The van der Waals surface area contributed by atoms with Gasteiger partial charge in [0.15, 0.2) is 4.32 Å². The van der Waals surface area contributed by atoms with Gasteiger partial charge in [0.1, 0.15) is 0 Å². The van der Waals surface area contributed by atoms with Crippen molar-refractivity contribution in [2.24, 2.45) is 0 Å². The number of hydrogen-bond acceptors (Lipinski definition) is 5. The number of nitrogens with zero attached hydrogens (tertiary/aromatic N) is 1. The Morgan fingerprint density at radius 3 is 2.79 bits per heavy atom. The number of thioether (sulfide) groups is 1. The van der Waals surface area contributed by atoms with Gasteiger partial charge in [0.2, 0.25) is 0 Å². The van der Waals surface area contributed by atoms with Gasteiger partial charge in [-0.05, 0) is 55.1 Å². The molecule has 1 aliphatic heterocycles. The van der Waals surface area contributed by atoms with Crippen LogP contribution in [0.3, 0.4) is 0 Å². The van der Waals surface area contributed by atoms with Gasteiger partial charge in [-0.15, -0.1) is 11.3 Å². The van der Waals surface area contributed by atoms with Crippen molar-refractivity contribution in [3.63, 3.8) is 0 Å². The topological polar surface area (TPSA) is 49.4 Å². The van der Waals surface area contributed by atoms with Crippen LogP contribution in [0.4, 0.5) is 0 Å². The Kier molecular flexibility index (Phi) is 5.75. The Balaban J connectivity index is 1.45. The molecule has 0 radical (unpaired) electrons. The van der Waals surface area contributed by atoms with Crippen molar-refractivity contribution in [3.8, 4) is 0 Å². The summed E-state index contributed by atoms with van der Waals surface area (Å²) in [7, 11) is 0. The van der Waals surface area contributed by atoms with E-state index in [4.69, 9.17) is 12.2 Å². The largest absolute Gasteiger partial charge is 0.285 e. The molecule has 2 amide bonds. The number of thiophene rings is 1. The van der Waals surface area contributed by atoms with E-state index in [2.05, 4.69) is 5.43 Å². The standard InChI is InChI=1S/C21H18N2O2S3/c24-19(16-13-27-17-11-5-4-10-15(16)17)22-23-20(25)18(28-21(23)26)12-6-9-14-7-2-1-3-8-14/h1-3,6-9,12-13H,4-5,10-11H2,(H,22,24). The van der Waals surface area contributed by atoms with Crippen LogP contribution in [-0.4, -0.2) is 21.1 Å². The van der Waals surface area contributed by atoms with Gasteiger partial charge in [-0.2, -0.15) is 5.01 Å². The van der Waals surface area contributed by atoms with E-state index in [1.807, 2.05) is 47.9 Å². The minimum absolute atomic E-state index is 0.267. The number of nitrogens with one attached hydrogen (secondary N) is 1. The van der Waals surface area contributed by atoms with Crippen LogP contribution in [0.5, 0.6) is 0 Å². The van der Waals surface area contributed by atoms with Gasteiger partial charge in [0, 0.05) is 10.3 Å². The van der Waals surface area contributed by atoms with Crippen LogP contribution in [0, 0.1) is 0 Å². The zero-order chi connectivity index (χ0) is 19.5. The highest BCUT2D eigenvalue weighted by Crippen LogP contribution is 2.32. The fourth-order valence-corrected chi connectivity index (χ4v) is 5.49. The molecule has 0 atom stereocenters. The monoisotopic (exact) mass is 426 g/mol. The maximum absolute atomic E-state index is 12.7. The van der Waals surface area contributed by atoms with Crippen LogP contribution in [0.1, 0.15) is 39.2 Å². The van der Waals surface area contributed by atoms with E-state index in [0.717, 1.165) is 30.4 Å². The van der Waals surface area contributed by atoms with E-state index >= 15 is 0 Å². The minimum Gasteiger partial charge on any atom is -0.267 e. The van der Waals surface area contributed by atoms with Crippen molar-refractivity contribution in [1.29, 1.82) is 0 Å². The van der Waals surface area contributed by atoms with Crippen molar-refractivity contribution in [1.82, 2.24) is 10.4 Å². The molecule has 142 valence electrons. The third-order valence-corrected chi connectivity index (χ3v) is 7.06. The number of thiocarbonyl (C=S) groups is 1. The van der Waals surface area contributed by atoms with Crippen LogP contribution in [0.25, 0.3) is 6.08 Å². The molecule has 1 saturated heterocycles. The SMILES string of the molecule is O=C(NN1C(=O)C(=CC=Cc2ccccc2)SC1=S)c1csc2c1CCCC2. The Labute approximate surface area is 177 Å². The average Bonchev–Trinajstić information content (AvgIpc) is 3.25. The quantitative estimate of drug-likeness (QED) is 0.567. The summed E-state index contributed by atoms with van der Waals surface area (Å²) in [5.74, 6) is -0.568. The summed E-state index contributed by atoms with van der Waals surface area (Å²) in [5, 5.41) is 3.07. The lowest BCUT2D eigenvalue weighted by Gasteiger charge is -2.17. The van der Waals surface area contributed by atoms with Gasteiger partial charge in [-0.1, -0.05) is 54.2 Å². The van der Waals surface area contributed by atoms with Crippen molar-refractivity contribution < 1.29 is 9.59 Å². The molecule has 2 aliphatic rings.